The van der Waals surface area contributed by atoms with Crippen molar-refractivity contribution in [1.29, 1.82) is 0 Å². The van der Waals surface area contributed by atoms with Crippen molar-refractivity contribution in [3.8, 4) is 0 Å². The van der Waals surface area contributed by atoms with E-state index in [4.69, 9.17) is 0 Å². The number of nitrogens with one attached hydrogen (secondary N) is 1. The van der Waals surface area contributed by atoms with Crippen molar-refractivity contribution in [1.82, 2.24) is 5.32 Å². The lowest BCUT2D eigenvalue weighted by Gasteiger charge is -2.17. The first-order chi connectivity index (χ1) is 13.0. The van der Waals surface area contributed by atoms with Gasteiger partial charge in [0.15, 0.2) is 0 Å². The minimum absolute atomic E-state index is 0.355. The van der Waals surface area contributed by atoms with Crippen LogP contribution in [0, 0.1) is 0 Å². The van der Waals surface area contributed by atoms with Crippen molar-refractivity contribution < 1.29 is 23.3 Å². The van der Waals surface area contributed by atoms with E-state index in [0.717, 1.165) is 23.3 Å². The van der Waals surface area contributed by atoms with Crippen LogP contribution in [-0.2, 0) is 29.9 Å². The van der Waals surface area contributed by atoms with Crippen molar-refractivity contribution in [3.63, 3.8) is 0 Å². The summed E-state index contributed by atoms with van der Waals surface area (Å²) in [7, 11) is -0.428. The molecule has 1 unspecified atom stereocenters. The zero-order chi connectivity index (χ0) is 19.6. The summed E-state index contributed by atoms with van der Waals surface area (Å²) in [4.78, 5) is 34.7. The number of carbonyl (C=O) groups is 3. The molecular formula is C20H19NO5S. The number of amides is 2. The van der Waals surface area contributed by atoms with Gasteiger partial charge in [0.2, 0.25) is 5.91 Å². The summed E-state index contributed by atoms with van der Waals surface area (Å²) in [6.45, 7) is 0. The fraction of sp³-hybridized carbons (Fsp3) is 0.150. The molecule has 2 aromatic rings. The normalized spacial score (nSPS) is 11.9. The molecule has 0 fully saturated rings. The molecule has 0 heterocycles. The number of esters is 1. The molecular weight excluding hydrogens is 366 g/mol. The monoisotopic (exact) mass is 385 g/mol. The predicted molar refractivity (Wildman–Crippen MR) is 102 cm³/mol. The molecule has 7 heteroatoms. The Hall–Kier alpha value is -3.06. The van der Waals surface area contributed by atoms with Crippen LogP contribution in [0.1, 0.15) is 16.4 Å². The Bertz CT molecular complexity index is 810. The second kappa shape index (κ2) is 10.2. The summed E-state index contributed by atoms with van der Waals surface area (Å²) in [6.07, 6.45) is 1.79. The minimum Gasteiger partial charge on any atom is -0.466 e. The van der Waals surface area contributed by atoms with E-state index < -0.39 is 33.8 Å². The lowest BCUT2D eigenvalue weighted by atomic mass is 10.0. The number of benzene rings is 2. The van der Waals surface area contributed by atoms with Crippen LogP contribution in [0.4, 0.5) is 0 Å². The number of imide groups is 1. The third kappa shape index (κ3) is 6.31. The fourth-order valence-corrected chi connectivity index (χ4v) is 3.81. The Morgan fingerprint density at radius 1 is 0.963 bits per heavy atom. The first-order valence-electron chi connectivity index (χ1n) is 8.08. The third-order valence-corrected chi connectivity index (χ3v) is 5.19. The Labute approximate surface area is 159 Å². The van der Waals surface area contributed by atoms with Crippen LogP contribution < -0.4 is 5.32 Å². The molecule has 140 valence electrons. The van der Waals surface area contributed by atoms with Gasteiger partial charge in [0.1, 0.15) is 5.75 Å². The average molecular weight is 385 g/mol. The molecule has 0 saturated heterocycles. The summed E-state index contributed by atoms with van der Waals surface area (Å²) in [5.74, 6) is -2.54. The first-order valence-corrected chi connectivity index (χ1v) is 9.46. The van der Waals surface area contributed by atoms with Crippen LogP contribution in [0.15, 0.2) is 72.8 Å². The maximum atomic E-state index is 12.9. The van der Waals surface area contributed by atoms with E-state index in [-0.39, 0.29) is 5.75 Å². The molecule has 0 radical (unpaired) electrons. The number of carbonyl (C=O) groups excluding carboxylic acids is 3. The fourth-order valence-electron chi connectivity index (χ4n) is 2.39. The van der Waals surface area contributed by atoms with Crippen molar-refractivity contribution in [3.05, 3.63) is 83.9 Å². The lowest BCUT2D eigenvalue weighted by Crippen LogP contribution is -2.33. The van der Waals surface area contributed by atoms with Crippen LogP contribution in [0.5, 0.6) is 0 Å². The van der Waals surface area contributed by atoms with Gasteiger partial charge < -0.3 is 4.74 Å². The summed E-state index contributed by atoms with van der Waals surface area (Å²) in [6, 6.07) is 18.4. The van der Waals surface area contributed by atoms with Crippen LogP contribution in [0.2, 0.25) is 0 Å². The summed E-state index contributed by atoms with van der Waals surface area (Å²) < 4.78 is 17.3. The van der Waals surface area contributed by atoms with E-state index in [1.54, 1.807) is 0 Å². The molecule has 0 aliphatic carbocycles. The Morgan fingerprint density at radius 2 is 1.48 bits per heavy atom. The molecule has 1 atom stereocenters. The molecule has 0 saturated carbocycles. The number of ether oxygens (including phenoxy) is 1. The highest BCUT2D eigenvalue weighted by atomic mass is 32.2. The molecule has 0 spiro atoms. The largest absolute Gasteiger partial charge is 0.466 e. The van der Waals surface area contributed by atoms with Gasteiger partial charge in [-0.3, -0.25) is 19.1 Å². The average Bonchev–Trinajstić information content (AvgIpc) is 2.67. The van der Waals surface area contributed by atoms with Gasteiger partial charge in [-0.05, 0) is 11.1 Å². The van der Waals surface area contributed by atoms with Gasteiger partial charge in [0, 0.05) is 23.0 Å². The summed E-state index contributed by atoms with van der Waals surface area (Å²) in [5.41, 5.74) is 1.62. The lowest BCUT2D eigenvalue weighted by molar-refractivity contribution is -0.135. The van der Waals surface area contributed by atoms with Crippen molar-refractivity contribution >= 4 is 28.6 Å². The molecule has 1 N–H and O–H groups in total. The van der Waals surface area contributed by atoms with E-state index in [2.05, 4.69) is 10.1 Å². The van der Waals surface area contributed by atoms with Gasteiger partial charge >= 0.3 is 5.97 Å². The Balaban J connectivity index is 2.10. The Morgan fingerprint density at radius 3 is 1.96 bits per heavy atom. The highest BCUT2D eigenvalue weighted by Gasteiger charge is 2.23. The number of hydrogen-bond donors (Lipinski definition) is 1. The molecule has 27 heavy (non-hydrogen) atoms. The molecule has 2 rings (SSSR count). The second-order valence-electron chi connectivity index (χ2n) is 5.50. The number of hydrogen-bond acceptors (Lipinski definition) is 5. The molecule has 2 amide bonds. The van der Waals surface area contributed by atoms with E-state index in [1.165, 1.54) is 7.11 Å². The van der Waals surface area contributed by atoms with Gasteiger partial charge in [-0.1, -0.05) is 60.7 Å². The van der Waals surface area contributed by atoms with E-state index >= 15 is 0 Å². The molecule has 0 aliphatic rings. The van der Waals surface area contributed by atoms with Crippen molar-refractivity contribution in [2.24, 2.45) is 0 Å². The molecule has 6 nitrogen and oxygen atoms in total. The standard InChI is InChI=1S/C20H19NO5S/c1-26-19(24)13-12-17(22)21-18(23)14-27(25)20(15-8-4-2-5-9-15)16-10-6-3-7-11-16/h2-13,20H,14H2,1H3,(H,21,22,23). The first kappa shape index (κ1) is 20.3. The highest BCUT2D eigenvalue weighted by Crippen LogP contribution is 2.28. The van der Waals surface area contributed by atoms with Gasteiger partial charge in [0.05, 0.1) is 12.4 Å². The highest BCUT2D eigenvalue weighted by molar-refractivity contribution is 7.86. The summed E-state index contributed by atoms with van der Waals surface area (Å²) in [5, 5.41) is 1.58. The summed E-state index contributed by atoms with van der Waals surface area (Å²) >= 11 is 0. The number of methoxy groups -OCH3 is 1. The molecule has 2 aromatic carbocycles. The van der Waals surface area contributed by atoms with E-state index in [1.807, 2.05) is 60.7 Å². The van der Waals surface area contributed by atoms with Crippen LogP contribution in [-0.4, -0.2) is 34.9 Å². The van der Waals surface area contributed by atoms with Gasteiger partial charge in [-0.25, -0.2) is 4.79 Å². The van der Waals surface area contributed by atoms with Gasteiger partial charge in [-0.2, -0.15) is 0 Å². The van der Waals surface area contributed by atoms with Crippen LogP contribution >= 0.6 is 0 Å². The van der Waals surface area contributed by atoms with Crippen LogP contribution in [0.25, 0.3) is 0 Å². The molecule has 0 aromatic heterocycles. The van der Waals surface area contributed by atoms with Gasteiger partial charge in [-0.15, -0.1) is 0 Å². The Kier molecular flexibility index (Phi) is 7.63. The minimum atomic E-state index is -1.60. The van der Waals surface area contributed by atoms with Gasteiger partial charge in [0.25, 0.3) is 5.91 Å². The molecule has 0 bridgehead atoms. The zero-order valence-electron chi connectivity index (χ0n) is 14.7. The second-order valence-corrected chi connectivity index (χ2v) is 7.02. The molecule has 0 aliphatic heterocycles. The van der Waals surface area contributed by atoms with Crippen LogP contribution in [0.3, 0.4) is 0 Å². The van der Waals surface area contributed by atoms with E-state index in [0.29, 0.717) is 0 Å². The zero-order valence-corrected chi connectivity index (χ0v) is 15.5. The third-order valence-electron chi connectivity index (χ3n) is 3.58. The maximum Gasteiger partial charge on any atom is 0.330 e. The number of rotatable bonds is 7. The SMILES string of the molecule is COC(=O)C=CC(=O)NC(=O)CS(=O)C(c1ccccc1)c1ccccc1. The predicted octanol–water partition coefficient (Wildman–Crippen LogP) is 1.90. The van der Waals surface area contributed by atoms with Crippen molar-refractivity contribution in [2.45, 2.75) is 5.25 Å². The topological polar surface area (TPSA) is 89.5 Å². The van der Waals surface area contributed by atoms with Crippen molar-refractivity contribution in [2.75, 3.05) is 12.9 Å². The quantitative estimate of drug-likeness (QED) is 0.581. The van der Waals surface area contributed by atoms with E-state index in [9.17, 15) is 18.6 Å². The maximum absolute atomic E-state index is 12.9. The smallest absolute Gasteiger partial charge is 0.330 e.